The van der Waals surface area contributed by atoms with E-state index in [0.29, 0.717) is 13.1 Å². The van der Waals surface area contributed by atoms with E-state index in [4.69, 9.17) is 6.42 Å². The largest absolute Gasteiger partial charge is 0.358 e. The van der Waals surface area contributed by atoms with Gasteiger partial charge in [-0.2, -0.15) is 0 Å². The lowest BCUT2D eigenvalue weighted by molar-refractivity contribution is -0.135. The number of terminal acetylenes is 1. The maximum absolute atomic E-state index is 11.7. The molecule has 0 aliphatic rings. The normalized spacial score (nSPS) is 9.31. The highest BCUT2D eigenvalue weighted by atomic mass is 16.2. The van der Waals surface area contributed by atoms with Crippen molar-refractivity contribution in [3.8, 4) is 12.3 Å². The van der Waals surface area contributed by atoms with E-state index in [9.17, 15) is 9.59 Å². The van der Waals surface area contributed by atoms with Crippen LogP contribution < -0.4 is 10.6 Å². The summed E-state index contributed by atoms with van der Waals surface area (Å²) in [6.07, 6.45) is 5.87. The molecule has 0 saturated heterocycles. The van der Waals surface area contributed by atoms with Gasteiger partial charge in [0.15, 0.2) is 0 Å². The average molecular weight is 225 g/mol. The molecule has 0 aromatic heterocycles. The van der Waals surface area contributed by atoms with Gasteiger partial charge in [0.25, 0.3) is 0 Å². The first-order chi connectivity index (χ1) is 7.65. The molecule has 0 radical (unpaired) electrons. The molecule has 5 heteroatoms. The molecule has 0 spiro atoms. The molecule has 0 bridgehead atoms. The van der Waals surface area contributed by atoms with Gasteiger partial charge in [-0.05, 0) is 6.42 Å². The lowest BCUT2D eigenvalue weighted by atomic mass is 10.3. The molecule has 0 aromatic rings. The van der Waals surface area contributed by atoms with Gasteiger partial charge in [-0.25, -0.2) is 0 Å². The minimum atomic E-state index is -0.168. The predicted molar refractivity (Wildman–Crippen MR) is 62.6 cm³/mol. The predicted octanol–water partition coefficient (Wildman–Crippen LogP) is -0.806. The fourth-order valence-electron chi connectivity index (χ4n) is 1.17. The molecule has 0 aliphatic carbocycles. The van der Waals surface area contributed by atoms with Crippen molar-refractivity contribution in [2.45, 2.75) is 13.3 Å². The van der Waals surface area contributed by atoms with Crippen LogP contribution in [0.5, 0.6) is 0 Å². The second-order valence-corrected chi connectivity index (χ2v) is 3.30. The van der Waals surface area contributed by atoms with E-state index in [1.165, 1.54) is 4.90 Å². The van der Waals surface area contributed by atoms with E-state index in [1.54, 1.807) is 7.05 Å². The van der Waals surface area contributed by atoms with Crippen molar-refractivity contribution in [3.63, 3.8) is 0 Å². The van der Waals surface area contributed by atoms with Gasteiger partial charge in [0, 0.05) is 13.6 Å². The van der Waals surface area contributed by atoms with Crippen LogP contribution in [0.15, 0.2) is 0 Å². The maximum Gasteiger partial charge on any atom is 0.239 e. The number of hydrogen-bond donors (Lipinski definition) is 2. The second kappa shape index (κ2) is 8.74. The van der Waals surface area contributed by atoms with Crippen LogP contribution >= 0.6 is 0 Å². The van der Waals surface area contributed by atoms with E-state index >= 15 is 0 Å². The molecule has 90 valence electrons. The van der Waals surface area contributed by atoms with E-state index in [1.807, 2.05) is 6.92 Å². The molecule has 0 heterocycles. The zero-order valence-electron chi connectivity index (χ0n) is 9.88. The van der Waals surface area contributed by atoms with Gasteiger partial charge in [-0.1, -0.05) is 12.8 Å². The Balaban J connectivity index is 4.13. The van der Waals surface area contributed by atoms with Gasteiger partial charge in [-0.3, -0.25) is 14.9 Å². The number of nitrogens with zero attached hydrogens (tertiary/aromatic N) is 1. The zero-order chi connectivity index (χ0) is 12.4. The van der Waals surface area contributed by atoms with Gasteiger partial charge in [-0.15, -0.1) is 6.42 Å². The third-order valence-corrected chi connectivity index (χ3v) is 1.96. The van der Waals surface area contributed by atoms with Crippen LogP contribution in [0.3, 0.4) is 0 Å². The van der Waals surface area contributed by atoms with Crippen molar-refractivity contribution >= 4 is 11.8 Å². The van der Waals surface area contributed by atoms with Gasteiger partial charge in [0.2, 0.25) is 11.8 Å². The highest BCUT2D eigenvalue weighted by molar-refractivity contribution is 5.85. The molecule has 0 unspecified atom stereocenters. The summed E-state index contributed by atoms with van der Waals surface area (Å²) in [6.45, 7) is 3.15. The van der Waals surface area contributed by atoms with Crippen molar-refractivity contribution in [2.24, 2.45) is 0 Å². The number of nitrogens with one attached hydrogen (secondary N) is 2. The first-order valence-corrected chi connectivity index (χ1v) is 5.28. The number of likely N-dealkylation sites (N-methyl/N-ethyl adjacent to an activating group) is 1. The Morgan fingerprint density at radius 2 is 2.12 bits per heavy atom. The number of rotatable bonds is 7. The SMILES string of the molecule is C#CCNCC(=O)N(CCC)CC(=O)NC. The second-order valence-electron chi connectivity index (χ2n) is 3.30. The Morgan fingerprint density at radius 3 is 2.62 bits per heavy atom. The van der Waals surface area contributed by atoms with Crippen LogP contribution in [0, 0.1) is 12.3 Å². The van der Waals surface area contributed by atoms with E-state index in [2.05, 4.69) is 16.6 Å². The van der Waals surface area contributed by atoms with Crippen LogP contribution in [0.25, 0.3) is 0 Å². The molecule has 0 aromatic carbocycles. The summed E-state index contributed by atoms with van der Waals surface area (Å²) in [7, 11) is 1.55. The quantitative estimate of drug-likeness (QED) is 0.440. The standard InChI is InChI=1S/C11H19N3O2/c1-4-6-13-8-11(16)14(7-5-2)9-10(15)12-3/h1,13H,5-9H2,2-3H3,(H,12,15). The minimum absolute atomic E-state index is 0.0981. The molecule has 0 rings (SSSR count). The first-order valence-electron chi connectivity index (χ1n) is 5.28. The molecule has 0 fully saturated rings. The van der Waals surface area contributed by atoms with Crippen molar-refractivity contribution in [3.05, 3.63) is 0 Å². The number of amides is 2. The lowest BCUT2D eigenvalue weighted by Gasteiger charge is -2.21. The Labute approximate surface area is 96.6 Å². The summed E-state index contributed by atoms with van der Waals surface area (Å²) in [6, 6.07) is 0. The summed E-state index contributed by atoms with van der Waals surface area (Å²) in [4.78, 5) is 24.4. The third-order valence-electron chi connectivity index (χ3n) is 1.96. The van der Waals surface area contributed by atoms with Crippen LogP contribution in [0.1, 0.15) is 13.3 Å². The summed E-state index contributed by atoms with van der Waals surface area (Å²) >= 11 is 0. The Morgan fingerprint density at radius 1 is 1.44 bits per heavy atom. The summed E-state index contributed by atoms with van der Waals surface area (Å²) < 4.78 is 0. The van der Waals surface area contributed by atoms with Crippen LogP contribution in [0.4, 0.5) is 0 Å². The smallest absolute Gasteiger partial charge is 0.239 e. The molecule has 0 aliphatic heterocycles. The lowest BCUT2D eigenvalue weighted by Crippen LogP contribution is -2.44. The Bertz CT molecular complexity index is 271. The molecule has 16 heavy (non-hydrogen) atoms. The van der Waals surface area contributed by atoms with Crippen LogP contribution in [-0.2, 0) is 9.59 Å². The van der Waals surface area contributed by atoms with Gasteiger partial charge >= 0.3 is 0 Å². The number of hydrogen-bond acceptors (Lipinski definition) is 3. The average Bonchev–Trinajstić information content (AvgIpc) is 2.28. The topological polar surface area (TPSA) is 61.4 Å². The minimum Gasteiger partial charge on any atom is -0.358 e. The fourth-order valence-corrected chi connectivity index (χ4v) is 1.17. The Kier molecular flexibility index (Phi) is 7.90. The van der Waals surface area contributed by atoms with E-state index < -0.39 is 0 Å². The summed E-state index contributed by atoms with van der Waals surface area (Å²) in [5.74, 6) is 2.11. The first kappa shape index (κ1) is 14.5. The fraction of sp³-hybridized carbons (Fsp3) is 0.636. The van der Waals surface area contributed by atoms with Crippen LogP contribution in [-0.4, -0.2) is 49.9 Å². The van der Waals surface area contributed by atoms with Crippen molar-refractivity contribution in [2.75, 3.05) is 33.2 Å². The summed E-state index contributed by atoms with van der Waals surface area (Å²) in [5, 5.41) is 5.30. The molecule has 0 atom stereocenters. The van der Waals surface area contributed by atoms with Gasteiger partial charge < -0.3 is 10.2 Å². The van der Waals surface area contributed by atoms with E-state index in [-0.39, 0.29) is 24.9 Å². The molecule has 5 nitrogen and oxygen atoms in total. The van der Waals surface area contributed by atoms with Gasteiger partial charge in [0.05, 0.1) is 19.6 Å². The maximum atomic E-state index is 11.7. The molecule has 2 amide bonds. The van der Waals surface area contributed by atoms with Crippen LogP contribution in [0.2, 0.25) is 0 Å². The monoisotopic (exact) mass is 225 g/mol. The van der Waals surface area contributed by atoms with Crippen molar-refractivity contribution < 1.29 is 9.59 Å². The van der Waals surface area contributed by atoms with Crippen molar-refractivity contribution in [1.29, 1.82) is 0 Å². The molecule has 0 saturated carbocycles. The number of carbonyl (C=O) groups is 2. The Hall–Kier alpha value is -1.54. The molecular formula is C11H19N3O2. The van der Waals surface area contributed by atoms with Crippen molar-refractivity contribution in [1.82, 2.24) is 15.5 Å². The van der Waals surface area contributed by atoms with Gasteiger partial charge in [0.1, 0.15) is 0 Å². The summed E-state index contributed by atoms with van der Waals surface area (Å²) in [5.41, 5.74) is 0. The highest BCUT2D eigenvalue weighted by Crippen LogP contribution is 1.92. The third kappa shape index (κ3) is 6.04. The highest BCUT2D eigenvalue weighted by Gasteiger charge is 2.14. The zero-order valence-corrected chi connectivity index (χ0v) is 9.88. The molecular weight excluding hydrogens is 206 g/mol. The van der Waals surface area contributed by atoms with E-state index in [0.717, 1.165) is 6.42 Å². The number of carbonyl (C=O) groups excluding carboxylic acids is 2. The molecule has 2 N–H and O–H groups in total.